The van der Waals surface area contributed by atoms with Gasteiger partial charge in [0.05, 0.1) is 6.54 Å². The first kappa shape index (κ1) is 9.12. The molecule has 1 fully saturated rings. The SMILES string of the molecule is C#CCN(CC)C(=O)C1CC1C. The molecule has 12 heavy (non-hydrogen) atoms. The van der Waals surface area contributed by atoms with E-state index in [1.54, 1.807) is 4.90 Å². The molecule has 1 rings (SSSR count). The molecule has 0 aromatic carbocycles. The number of amides is 1. The maximum atomic E-state index is 11.6. The Morgan fingerprint density at radius 2 is 2.33 bits per heavy atom. The van der Waals surface area contributed by atoms with Crippen LogP contribution in [0.25, 0.3) is 0 Å². The van der Waals surface area contributed by atoms with Crippen molar-refractivity contribution in [2.75, 3.05) is 13.1 Å². The molecule has 66 valence electrons. The second-order valence-corrected chi connectivity index (χ2v) is 3.38. The summed E-state index contributed by atoms with van der Waals surface area (Å²) in [7, 11) is 0. The fourth-order valence-electron chi connectivity index (χ4n) is 1.36. The zero-order chi connectivity index (χ0) is 9.14. The molecule has 0 aromatic heterocycles. The van der Waals surface area contributed by atoms with E-state index in [1.807, 2.05) is 6.92 Å². The summed E-state index contributed by atoms with van der Waals surface area (Å²) in [5.74, 6) is 3.58. The largest absolute Gasteiger partial charge is 0.332 e. The number of carbonyl (C=O) groups is 1. The lowest BCUT2D eigenvalue weighted by Crippen LogP contribution is -2.32. The monoisotopic (exact) mass is 165 g/mol. The summed E-state index contributed by atoms with van der Waals surface area (Å²) in [5, 5.41) is 0. The Labute approximate surface area is 73.9 Å². The van der Waals surface area contributed by atoms with Gasteiger partial charge in [-0.25, -0.2) is 0 Å². The van der Waals surface area contributed by atoms with Crippen LogP contribution in [0.15, 0.2) is 0 Å². The van der Waals surface area contributed by atoms with Gasteiger partial charge in [-0.2, -0.15) is 0 Å². The Hall–Kier alpha value is -0.970. The van der Waals surface area contributed by atoms with Crippen molar-refractivity contribution in [3.8, 4) is 12.3 Å². The van der Waals surface area contributed by atoms with Gasteiger partial charge in [-0.3, -0.25) is 4.79 Å². The van der Waals surface area contributed by atoms with Gasteiger partial charge in [0.2, 0.25) is 5.91 Å². The molecule has 0 radical (unpaired) electrons. The van der Waals surface area contributed by atoms with Crippen LogP contribution in [-0.2, 0) is 4.79 Å². The second-order valence-electron chi connectivity index (χ2n) is 3.38. The molecular weight excluding hydrogens is 150 g/mol. The lowest BCUT2D eigenvalue weighted by Gasteiger charge is -2.17. The van der Waals surface area contributed by atoms with Gasteiger partial charge in [0.15, 0.2) is 0 Å². The minimum Gasteiger partial charge on any atom is -0.332 e. The summed E-state index contributed by atoms with van der Waals surface area (Å²) < 4.78 is 0. The van der Waals surface area contributed by atoms with Crippen molar-refractivity contribution in [2.24, 2.45) is 11.8 Å². The maximum Gasteiger partial charge on any atom is 0.226 e. The molecule has 1 aliphatic carbocycles. The third kappa shape index (κ3) is 1.79. The molecule has 2 nitrogen and oxygen atoms in total. The summed E-state index contributed by atoms with van der Waals surface area (Å²) in [6.07, 6.45) is 6.20. The molecule has 0 aromatic rings. The number of terminal acetylenes is 1. The molecule has 1 amide bonds. The van der Waals surface area contributed by atoms with Crippen LogP contribution in [0.2, 0.25) is 0 Å². The first-order valence-electron chi connectivity index (χ1n) is 4.43. The highest BCUT2D eigenvalue weighted by molar-refractivity contribution is 5.81. The first-order chi connectivity index (χ1) is 5.70. The van der Waals surface area contributed by atoms with E-state index < -0.39 is 0 Å². The summed E-state index contributed by atoms with van der Waals surface area (Å²) in [6, 6.07) is 0. The fraction of sp³-hybridized carbons (Fsp3) is 0.700. The van der Waals surface area contributed by atoms with Gasteiger partial charge >= 0.3 is 0 Å². The molecule has 2 atom stereocenters. The van der Waals surface area contributed by atoms with Gasteiger partial charge in [-0.05, 0) is 19.3 Å². The standard InChI is InChI=1S/C10H15NO/c1-4-6-11(5-2)10(12)9-7-8(9)3/h1,8-9H,5-7H2,2-3H3. The van der Waals surface area contributed by atoms with E-state index in [9.17, 15) is 4.79 Å². The number of hydrogen-bond donors (Lipinski definition) is 0. The Morgan fingerprint density at radius 1 is 1.75 bits per heavy atom. The van der Waals surface area contributed by atoms with E-state index in [-0.39, 0.29) is 11.8 Å². The van der Waals surface area contributed by atoms with Crippen LogP contribution < -0.4 is 0 Å². The highest BCUT2D eigenvalue weighted by Crippen LogP contribution is 2.38. The molecule has 0 bridgehead atoms. The minimum atomic E-state index is 0.239. The number of rotatable bonds is 3. The Balaban J connectivity index is 2.44. The van der Waals surface area contributed by atoms with Crippen molar-refractivity contribution in [3.05, 3.63) is 0 Å². The van der Waals surface area contributed by atoms with Crippen molar-refractivity contribution in [2.45, 2.75) is 20.3 Å². The third-order valence-electron chi connectivity index (χ3n) is 2.40. The number of hydrogen-bond acceptors (Lipinski definition) is 1. The van der Waals surface area contributed by atoms with Gasteiger partial charge in [-0.1, -0.05) is 12.8 Å². The van der Waals surface area contributed by atoms with Crippen LogP contribution in [0.5, 0.6) is 0 Å². The van der Waals surface area contributed by atoms with Gasteiger partial charge < -0.3 is 4.90 Å². The van der Waals surface area contributed by atoms with E-state index in [0.717, 1.165) is 13.0 Å². The van der Waals surface area contributed by atoms with Crippen LogP contribution in [0.4, 0.5) is 0 Å². The Morgan fingerprint density at radius 3 is 2.67 bits per heavy atom. The highest BCUT2D eigenvalue weighted by Gasteiger charge is 2.40. The van der Waals surface area contributed by atoms with Crippen molar-refractivity contribution >= 4 is 5.91 Å². The van der Waals surface area contributed by atoms with Crippen LogP contribution in [-0.4, -0.2) is 23.9 Å². The minimum absolute atomic E-state index is 0.239. The van der Waals surface area contributed by atoms with Gasteiger partial charge in [0.1, 0.15) is 0 Å². The summed E-state index contributed by atoms with van der Waals surface area (Å²) in [4.78, 5) is 13.3. The molecular formula is C10H15NO. The van der Waals surface area contributed by atoms with Crippen molar-refractivity contribution < 1.29 is 4.79 Å². The van der Waals surface area contributed by atoms with E-state index in [4.69, 9.17) is 6.42 Å². The smallest absolute Gasteiger partial charge is 0.226 e. The predicted molar refractivity (Wildman–Crippen MR) is 48.4 cm³/mol. The number of carbonyl (C=O) groups excluding carboxylic acids is 1. The van der Waals surface area contributed by atoms with Gasteiger partial charge in [-0.15, -0.1) is 6.42 Å². The zero-order valence-corrected chi connectivity index (χ0v) is 7.71. The molecule has 0 N–H and O–H groups in total. The lowest BCUT2D eigenvalue weighted by molar-refractivity contribution is -0.132. The van der Waals surface area contributed by atoms with Crippen molar-refractivity contribution in [1.82, 2.24) is 4.90 Å². The predicted octanol–water partition coefficient (Wildman–Crippen LogP) is 1.12. The molecule has 0 saturated heterocycles. The summed E-state index contributed by atoms with van der Waals surface area (Å²) >= 11 is 0. The quantitative estimate of drug-likeness (QED) is 0.574. The van der Waals surface area contributed by atoms with E-state index in [1.165, 1.54) is 0 Å². The molecule has 0 heterocycles. The van der Waals surface area contributed by atoms with E-state index in [0.29, 0.717) is 12.5 Å². The fourth-order valence-corrected chi connectivity index (χ4v) is 1.36. The normalized spacial score (nSPS) is 26.1. The molecule has 1 aliphatic rings. The first-order valence-corrected chi connectivity index (χ1v) is 4.43. The average Bonchev–Trinajstić information content (AvgIpc) is 2.77. The molecule has 2 heteroatoms. The van der Waals surface area contributed by atoms with Crippen molar-refractivity contribution in [1.29, 1.82) is 0 Å². The van der Waals surface area contributed by atoms with Crippen LogP contribution in [0.3, 0.4) is 0 Å². The van der Waals surface area contributed by atoms with Crippen LogP contribution in [0.1, 0.15) is 20.3 Å². The summed E-state index contributed by atoms with van der Waals surface area (Å²) in [5.41, 5.74) is 0. The molecule has 2 unspecified atom stereocenters. The zero-order valence-electron chi connectivity index (χ0n) is 7.71. The third-order valence-corrected chi connectivity index (χ3v) is 2.40. The van der Waals surface area contributed by atoms with E-state index in [2.05, 4.69) is 12.8 Å². The molecule has 0 spiro atoms. The van der Waals surface area contributed by atoms with Gasteiger partial charge in [0.25, 0.3) is 0 Å². The second kappa shape index (κ2) is 3.62. The topological polar surface area (TPSA) is 20.3 Å². The van der Waals surface area contributed by atoms with Gasteiger partial charge in [0, 0.05) is 12.5 Å². The van der Waals surface area contributed by atoms with E-state index >= 15 is 0 Å². The van der Waals surface area contributed by atoms with Crippen molar-refractivity contribution in [3.63, 3.8) is 0 Å². The molecule has 0 aliphatic heterocycles. The summed E-state index contributed by atoms with van der Waals surface area (Å²) in [6.45, 7) is 5.25. The Bertz CT molecular complexity index is 216. The maximum absolute atomic E-state index is 11.6. The van der Waals surface area contributed by atoms with Crippen LogP contribution >= 0.6 is 0 Å². The number of nitrogens with zero attached hydrogens (tertiary/aromatic N) is 1. The highest BCUT2D eigenvalue weighted by atomic mass is 16.2. The van der Waals surface area contributed by atoms with Crippen LogP contribution in [0, 0.1) is 24.2 Å². The Kier molecular flexibility index (Phi) is 2.75. The lowest BCUT2D eigenvalue weighted by atomic mass is 10.3. The molecule has 1 saturated carbocycles. The average molecular weight is 165 g/mol.